The molecule has 0 aromatic heterocycles. The molecule has 8 heteroatoms. The van der Waals surface area contributed by atoms with Crippen molar-refractivity contribution in [2.24, 2.45) is 10.9 Å². The van der Waals surface area contributed by atoms with Crippen molar-refractivity contribution in [2.45, 2.75) is 31.7 Å². The molecule has 5 nitrogen and oxygen atoms in total. The van der Waals surface area contributed by atoms with Crippen LogP contribution in [0.3, 0.4) is 0 Å². The summed E-state index contributed by atoms with van der Waals surface area (Å²) in [6.45, 7) is 6.45. The van der Waals surface area contributed by atoms with Gasteiger partial charge in [-0.1, -0.05) is 49.2 Å². The van der Waals surface area contributed by atoms with Crippen molar-refractivity contribution in [3.8, 4) is 0 Å². The van der Waals surface area contributed by atoms with Gasteiger partial charge >= 0.3 is 0 Å². The Morgan fingerprint density at radius 1 is 1.19 bits per heavy atom. The number of sulfonamides is 1. The molecule has 27 heavy (non-hydrogen) atoms. The monoisotopic (exact) mass is 426 g/mol. The van der Waals surface area contributed by atoms with E-state index in [1.807, 2.05) is 19.1 Å². The smallest absolute Gasteiger partial charge is 0.262 e. The first kappa shape index (κ1) is 20.0. The summed E-state index contributed by atoms with van der Waals surface area (Å²) >= 11 is 11.9. The number of anilines is 1. The molecule has 1 heterocycles. The summed E-state index contributed by atoms with van der Waals surface area (Å²) < 4.78 is 34.2. The average molecular weight is 427 g/mol. The molecule has 0 saturated heterocycles. The number of aliphatic imine (C=N–C) groups is 1. The third kappa shape index (κ3) is 4.39. The van der Waals surface area contributed by atoms with Crippen molar-refractivity contribution < 1.29 is 13.2 Å². The minimum atomic E-state index is -3.89. The van der Waals surface area contributed by atoms with E-state index in [0.717, 1.165) is 5.56 Å². The van der Waals surface area contributed by atoms with E-state index in [2.05, 4.69) is 23.6 Å². The molecule has 144 valence electrons. The van der Waals surface area contributed by atoms with Crippen molar-refractivity contribution in [3.05, 3.63) is 57.6 Å². The Bertz CT molecular complexity index is 984. The van der Waals surface area contributed by atoms with Crippen LogP contribution in [0, 0.1) is 12.8 Å². The van der Waals surface area contributed by atoms with Crippen LogP contribution in [-0.2, 0) is 14.8 Å². The Balaban J connectivity index is 2.02. The van der Waals surface area contributed by atoms with Gasteiger partial charge in [0.15, 0.2) is 0 Å². The maximum atomic E-state index is 12.9. The first-order valence-electron chi connectivity index (χ1n) is 8.47. The number of benzene rings is 2. The number of para-hydroxylation sites is 1. The molecule has 1 aliphatic heterocycles. The van der Waals surface area contributed by atoms with Crippen LogP contribution >= 0.6 is 23.2 Å². The predicted molar refractivity (Wildman–Crippen MR) is 110 cm³/mol. The molecule has 2 aromatic rings. The second-order valence-electron chi connectivity index (χ2n) is 6.76. The van der Waals surface area contributed by atoms with E-state index >= 15 is 0 Å². The van der Waals surface area contributed by atoms with Crippen molar-refractivity contribution in [3.63, 3.8) is 0 Å². The molecule has 3 rings (SSSR count). The summed E-state index contributed by atoms with van der Waals surface area (Å²) in [7, 11) is -3.89. The summed E-state index contributed by atoms with van der Waals surface area (Å²) in [5.41, 5.74) is 1.79. The highest BCUT2D eigenvalue weighted by Crippen LogP contribution is 2.29. The van der Waals surface area contributed by atoms with Gasteiger partial charge < -0.3 is 4.74 Å². The summed E-state index contributed by atoms with van der Waals surface area (Å²) in [6.07, 6.45) is 0. The minimum Gasteiger partial charge on any atom is -0.475 e. The Labute approximate surface area is 169 Å². The van der Waals surface area contributed by atoms with Gasteiger partial charge in [-0.25, -0.2) is 13.4 Å². The number of ether oxygens (including phenoxy) is 1. The Morgan fingerprint density at radius 3 is 2.44 bits per heavy atom. The fourth-order valence-electron chi connectivity index (χ4n) is 2.74. The lowest BCUT2D eigenvalue weighted by Gasteiger charge is -2.15. The largest absolute Gasteiger partial charge is 0.475 e. The molecular formula is C19H20Cl2N2O3S. The molecule has 0 saturated carbocycles. The number of hydrogen-bond donors (Lipinski definition) is 1. The SMILES string of the molecule is Cc1cccc(C2=N[C@@H](C(C)C)CO2)c1NS(=O)(=O)c1cc(Cl)cc(Cl)c1. The van der Waals surface area contributed by atoms with Gasteiger partial charge in [0.2, 0.25) is 5.90 Å². The second-order valence-corrected chi connectivity index (χ2v) is 9.32. The van der Waals surface area contributed by atoms with Crippen LogP contribution in [0.4, 0.5) is 5.69 Å². The zero-order chi connectivity index (χ0) is 19.8. The molecule has 0 bridgehead atoms. The summed E-state index contributed by atoms with van der Waals surface area (Å²) in [6, 6.07) is 9.69. The van der Waals surface area contributed by atoms with E-state index in [0.29, 0.717) is 29.7 Å². The number of aryl methyl sites for hydroxylation is 1. The molecule has 1 atom stereocenters. The first-order chi connectivity index (χ1) is 12.7. The van der Waals surface area contributed by atoms with E-state index in [1.54, 1.807) is 6.07 Å². The van der Waals surface area contributed by atoms with Gasteiger partial charge in [0.1, 0.15) is 6.61 Å². The fourth-order valence-corrected chi connectivity index (χ4v) is 4.61. The fraction of sp³-hybridized carbons (Fsp3) is 0.316. The Hall–Kier alpha value is -1.76. The Kier molecular flexibility index (Phi) is 5.70. The van der Waals surface area contributed by atoms with Crippen molar-refractivity contribution >= 4 is 44.8 Å². The maximum absolute atomic E-state index is 12.9. The van der Waals surface area contributed by atoms with E-state index in [1.165, 1.54) is 18.2 Å². The van der Waals surface area contributed by atoms with Gasteiger partial charge in [0.05, 0.1) is 22.2 Å². The first-order valence-corrected chi connectivity index (χ1v) is 10.7. The molecule has 0 aliphatic carbocycles. The average Bonchev–Trinajstić information content (AvgIpc) is 3.06. The molecule has 1 aliphatic rings. The van der Waals surface area contributed by atoms with Crippen LogP contribution in [0.5, 0.6) is 0 Å². The normalized spacial score (nSPS) is 17.0. The van der Waals surface area contributed by atoms with E-state index in [9.17, 15) is 8.42 Å². The van der Waals surface area contributed by atoms with E-state index in [-0.39, 0.29) is 21.0 Å². The molecule has 2 aromatic carbocycles. The lowest BCUT2D eigenvalue weighted by Crippen LogP contribution is -2.17. The van der Waals surface area contributed by atoms with Crippen LogP contribution in [0.2, 0.25) is 10.0 Å². The molecule has 1 N–H and O–H groups in total. The summed E-state index contributed by atoms with van der Waals surface area (Å²) in [5.74, 6) is 0.778. The molecule has 0 unspecified atom stereocenters. The predicted octanol–water partition coefficient (Wildman–Crippen LogP) is 4.90. The molecule has 0 spiro atoms. The van der Waals surface area contributed by atoms with E-state index in [4.69, 9.17) is 27.9 Å². The van der Waals surface area contributed by atoms with Crippen LogP contribution in [-0.4, -0.2) is 27.0 Å². The van der Waals surface area contributed by atoms with Crippen molar-refractivity contribution in [2.75, 3.05) is 11.3 Å². The topological polar surface area (TPSA) is 67.8 Å². The van der Waals surface area contributed by atoms with Gasteiger partial charge in [-0.15, -0.1) is 0 Å². The number of rotatable bonds is 5. The Morgan fingerprint density at radius 2 is 1.85 bits per heavy atom. The van der Waals surface area contributed by atoms with Gasteiger partial charge in [0.25, 0.3) is 10.0 Å². The summed E-state index contributed by atoms with van der Waals surface area (Å²) in [4.78, 5) is 4.60. The second kappa shape index (κ2) is 7.70. The quantitative estimate of drug-likeness (QED) is 0.738. The number of hydrogen-bond acceptors (Lipinski definition) is 4. The highest BCUT2D eigenvalue weighted by molar-refractivity contribution is 7.92. The molecule has 0 fully saturated rings. The van der Waals surface area contributed by atoms with Crippen LogP contribution in [0.1, 0.15) is 25.0 Å². The number of nitrogens with zero attached hydrogens (tertiary/aromatic N) is 1. The molecule has 0 amide bonds. The van der Waals surface area contributed by atoms with Crippen molar-refractivity contribution in [1.29, 1.82) is 0 Å². The highest BCUT2D eigenvalue weighted by Gasteiger charge is 2.26. The number of nitrogens with one attached hydrogen (secondary N) is 1. The standard InChI is InChI=1S/C19H20Cl2N2O3S/c1-11(2)17-10-26-19(22-17)16-6-4-5-12(3)18(16)23-27(24,25)15-8-13(20)7-14(21)9-15/h4-9,11,17,23H,10H2,1-3H3/t17-/m1/s1. The maximum Gasteiger partial charge on any atom is 0.262 e. The van der Waals surface area contributed by atoms with Crippen LogP contribution in [0.25, 0.3) is 0 Å². The zero-order valence-electron chi connectivity index (χ0n) is 15.2. The molecule has 0 radical (unpaired) electrons. The zero-order valence-corrected chi connectivity index (χ0v) is 17.5. The third-order valence-electron chi connectivity index (χ3n) is 4.33. The van der Waals surface area contributed by atoms with Crippen LogP contribution in [0.15, 0.2) is 46.3 Å². The van der Waals surface area contributed by atoms with Gasteiger partial charge in [-0.05, 0) is 42.7 Å². The lowest BCUT2D eigenvalue weighted by molar-refractivity contribution is 0.292. The molecular weight excluding hydrogens is 407 g/mol. The van der Waals surface area contributed by atoms with Crippen LogP contribution < -0.4 is 4.72 Å². The van der Waals surface area contributed by atoms with Gasteiger partial charge in [-0.2, -0.15) is 0 Å². The van der Waals surface area contributed by atoms with E-state index < -0.39 is 10.0 Å². The van der Waals surface area contributed by atoms with Gasteiger partial charge in [-0.3, -0.25) is 4.72 Å². The minimum absolute atomic E-state index is 0.0106. The summed E-state index contributed by atoms with van der Waals surface area (Å²) in [5, 5.41) is 0.493. The van der Waals surface area contributed by atoms with Crippen molar-refractivity contribution in [1.82, 2.24) is 0 Å². The van der Waals surface area contributed by atoms with Gasteiger partial charge in [0, 0.05) is 10.0 Å². The number of halogens is 2. The highest BCUT2D eigenvalue weighted by atomic mass is 35.5. The third-order valence-corrected chi connectivity index (χ3v) is 6.10. The lowest BCUT2D eigenvalue weighted by atomic mass is 10.1.